The second-order valence-electron chi connectivity index (χ2n) is 5.21. The van der Waals surface area contributed by atoms with E-state index in [0.717, 1.165) is 38.9 Å². The molecule has 1 saturated carbocycles. The molecule has 98 valence electrons. The van der Waals surface area contributed by atoms with Crippen molar-refractivity contribution in [3.8, 4) is 0 Å². The maximum absolute atomic E-state index is 11.9. The van der Waals surface area contributed by atoms with Crippen molar-refractivity contribution in [2.75, 3.05) is 19.6 Å². The zero-order valence-corrected chi connectivity index (χ0v) is 10.7. The number of carbonyl (C=O) groups is 1. The Labute approximate surface area is 103 Å². The summed E-state index contributed by atoms with van der Waals surface area (Å²) in [5.41, 5.74) is 0. The zero-order valence-electron chi connectivity index (χ0n) is 10.7. The van der Waals surface area contributed by atoms with Gasteiger partial charge >= 0.3 is 0 Å². The molecular weight excluding hydrogens is 216 g/mol. The predicted octanol–water partition coefficient (Wildman–Crippen LogP) is 1.06. The summed E-state index contributed by atoms with van der Waals surface area (Å²) in [4.78, 5) is 11.9. The molecule has 0 aromatic rings. The summed E-state index contributed by atoms with van der Waals surface area (Å²) in [7, 11) is 0. The van der Waals surface area contributed by atoms with E-state index in [2.05, 4.69) is 10.6 Å². The summed E-state index contributed by atoms with van der Waals surface area (Å²) in [5, 5.41) is 6.21. The Hall–Kier alpha value is -0.610. The second kappa shape index (κ2) is 6.36. The molecule has 0 radical (unpaired) electrons. The van der Waals surface area contributed by atoms with Gasteiger partial charge in [-0.05, 0) is 19.3 Å². The molecule has 2 rings (SSSR count). The molecule has 2 aliphatic rings. The first-order valence-electron chi connectivity index (χ1n) is 6.93. The minimum atomic E-state index is -0.244. The van der Waals surface area contributed by atoms with Gasteiger partial charge in [0.25, 0.3) is 0 Å². The molecule has 4 nitrogen and oxygen atoms in total. The van der Waals surface area contributed by atoms with Crippen molar-refractivity contribution < 1.29 is 9.53 Å². The van der Waals surface area contributed by atoms with Crippen molar-refractivity contribution in [1.29, 1.82) is 0 Å². The Balaban J connectivity index is 1.69. The van der Waals surface area contributed by atoms with Crippen LogP contribution in [-0.2, 0) is 9.53 Å². The van der Waals surface area contributed by atoms with Gasteiger partial charge in [-0.25, -0.2) is 0 Å². The molecule has 1 unspecified atom stereocenters. The van der Waals surface area contributed by atoms with Crippen molar-refractivity contribution in [3.63, 3.8) is 0 Å². The highest BCUT2D eigenvalue weighted by Crippen LogP contribution is 2.22. The van der Waals surface area contributed by atoms with E-state index in [1.165, 1.54) is 12.8 Å². The fraction of sp³-hybridized carbons (Fsp3) is 0.923. The van der Waals surface area contributed by atoms with Crippen LogP contribution in [0.3, 0.4) is 0 Å². The maximum atomic E-state index is 11.9. The third-order valence-corrected chi connectivity index (χ3v) is 3.75. The summed E-state index contributed by atoms with van der Waals surface area (Å²) in [5.74, 6) is 0.689. The first-order chi connectivity index (χ1) is 8.29. The molecule has 1 aliphatic carbocycles. The average molecular weight is 240 g/mol. The highest BCUT2D eigenvalue weighted by Gasteiger charge is 2.25. The number of hydrogen-bond acceptors (Lipinski definition) is 3. The number of hydrogen-bond donors (Lipinski definition) is 2. The molecule has 1 saturated heterocycles. The van der Waals surface area contributed by atoms with E-state index in [-0.39, 0.29) is 12.0 Å². The lowest BCUT2D eigenvalue weighted by molar-refractivity contribution is -0.137. The van der Waals surface area contributed by atoms with Crippen LogP contribution in [-0.4, -0.2) is 37.7 Å². The van der Waals surface area contributed by atoms with Gasteiger partial charge in [0.2, 0.25) is 5.91 Å². The molecule has 2 fully saturated rings. The molecule has 1 atom stereocenters. The van der Waals surface area contributed by atoms with Crippen LogP contribution in [0, 0.1) is 5.92 Å². The highest BCUT2D eigenvalue weighted by atomic mass is 16.5. The van der Waals surface area contributed by atoms with E-state index in [0.29, 0.717) is 12.0 Å². The maximum Gasteiger partial charge on any atom is 0.249 e. The highest BCUT2D eigenvalue weighted by molar-refractivity contribution is 5.80. The minimum absolute atomic E-state index is 0.0753. The summed E-state index contributed by atoms with van der Waals surface area (Å²) >= 11 is 0. The lowest BCUT2D eigenvalue weighted by Gasteiger charge is -2.28. The number of nitrogens with one attached hydrogen (secondary N) is 2. The largest absolute Gasteiger partial charge is 0.365 e. The number of carbonyl (C=O) groups excluding carboxylic acids is 1. The van der Waals surface area contributed by atoms with Crippen LogP contribution in [0.15, 0.2) is 0 Å². The summed E-state index contributed by atoms with van der Waals surface area (Å²) in [6.07, 6.45) is 5.58. The van der Waals surface area contributed by atoms with Gasteiger partial charge in [-0.2, -0.15) is 0 Å². The molecule has 1 aliphatic heterocycles. The first-order valence-corrected chi connectivity index (χ1v) is 6.93. The van der Waals surface area contributed by atoms with Crippen molar-refractivity contribution in [2.45, 2.75) is 51.2 Å². The fourth-order valence-electron chi connectivity index (χ4n) is 2.45. The lowest BCUT2D eigenvalue weighted by atomic mass is 10.0. The Morgan fingerprint density at radius 3 is 2.65 bits per heavy atom. The molecule has 0 aromatic heterocycles. The SMILES string of the molecule is CCC(OC1CCCC1)C(=O)NCC1CNC1. The van der Waals surface area contributed by atoms with Crippen LogP contribution in [0.25, 0.3) is 0 Å². The lowest BCUT2D eigenvalue weighted by Crippen LogP contribution is -2.50. The fourth-order valence-corrected chi connectivity index (χ4v) is 2.45. The number of rotatable bonds is 6. The van der Waals surface area contributed by atoms with Crippen LogP contribution < -0.4 is 10.6 Å². The van der Waals surface area contributed by atoms with Crippen molar-refractivity contribution >= 4 is 5.91 Å². The topological polar surface area (TPSA) is 50.4 Å². The Bertz CT molecular complexity index is 248. The standard InChI is InChI=1S/C13H24N2O2/c1-2-12(17-11-5-3-4-6-11)13(16)15-9-10-7-14-8-10/h10-12,14H,2-9H2,1H3,(H,15,16). The van der Waals surface area contributed by atoms with E-state index in [1.807, 2.05) is 6.92 Å². The first kappa shape index (κ1) is 12.8. The Morgan fingerprint density at radius 1 is 1.41 bits per heavy atom. The van der Waals surface area contributed by atoms with E-state index >= 15 is 0 Å². The van der Waals surface area contributed by atoms with Crippen molar-refractivity contribution in [2.24, 2.45) is 5.92 Å². The summed E-state index contributed by atoms with van der Waals surface area (Å²) < 4.78 is 5.88. The molecule has 1 amide bonds. The van der Waals surface area contributed by atoms with Crippen LogP contribution >= 0.6 is 0 Å². The molecule has 17 heavy (non-hydrogen) atoms. The minimum Gasteiger partial charge on any atom is -0.365 e. The monoisotopic (exact) mass is 240 g/mol. The van der Waals surface area contributed by atoms with Gasteiger partial charge in [-0.15, -0.1) is 0 Å². The van der Waals surface area contributed by atoms with Gasteiger partial charge in [0.05, 0.1) is 6.10 Å². The molecule has 0 spiro atoms. The van der Waals surface area contributed by atoms with Crippen LogP contribution in [0.2, 0.25) is 0 Å². The second-order valence-corrected chi connectivity index (χ2v) is 5.21. The van der Waals surface area contributed by atoms with Crippen LogP contribution in [0.4, 0.5) is 0 Å². The smallest absolute Gasteiger partial charge is 0.249 e. The molecule has 4 heteroatoms. The van der Waals surface area contributed by atoms with E-state index < -0.39 is 0 Å². The van der Waals surface area contributed by atoms with E-state index in [4.69, 9.17) is 4.74 Å². The average Bonchev–Trinajstić information content (AvgIpc) is 2.76. The number of amides is 1. The van der Waals surface area contributed by atoms with Crippen molar-refractivity contribution in [1.82, 2.24) is 10.6 Å². The van der Waals surface area contributed by atoms with Gasteiger partial charge in [-0.3, -0.25) is 4.79 Å². The number of ether oxygens (including phenoxy) is 1. The summed E-state index contributed by atoms with van der Waals surface area (Å²) in [6.45, 7) is 4.86. The molecule has 0 aromatic carbocycles. The van der Waals surface area contributed by atoms with Gasteiger partial charge in [0.1, 0.15) is 6.10 Å². The predicted molar refractivity (Wildman–Crippen MR) is 66.8 cm³/mol. The van der Waals surface area contributed by atoms with Gasteiger partial charge in [0.15, 0.2) is 0 Å². The third kappa shape index (κ3) is 3.68. The normalized spacial score (nSPS) is 23.4. The van der Waals surface area contributed by atoms with E-state index in [1.54, 1.807) is 0 Å². The van der Waals surface area contributed by atoms with E-state index in [9.17, 15) is 4.79 Å². The third-order valence-electron chi connectivity index (χ3n) is 3.75. The summed E-state index contributed by atoms with van der Waals surface area (Å²) in [6, 6.07) is 0. The molecule has 0 bridgehead atoms. The van der Waals surface area contributed by atoms with Gasteiger partial charge in [0, 0.05) is 25.6 Å². The van der Waals surface area contributed by atoms with Crippen molar-refractivity contribution in [3.05, 3.63) is 0 Å². The van der Waals surface area contributed by atoms with Gasteiger partial charge < -0.3 is 15.4 Å². The van der Waals surface area contributed by atoms with Crippen LogP contribution in [0.1, 0.15) is 39.0 Å². The molecular formula is C13H24N2O2. The zero-order chi connectivity index (χ0) is 12.1. The Morgan fingerprint density at radius 2 is 2.12 bits per heavy atom. The Kier molecular flexibility index (Phi) is 4.80. The molecule has 1 heterocycles. The quantitative estimate of drug-likeness (QED) is 0.730. The molecule has 2 N–H and O–H groups in total. The van der Waals surface area contributed by atoms with Gasteiger partial charge in [-0.1, -0.05) is 19.8 Å². The van der Waals surface area contributed by atoms with Crippen LogP contribution in [0.5, 0.6) is 0 Å².